The normalized spacial score (nSPS) is 18.2. The predicted octanol–water partition coefficient (Wildman–Crippen LogP) is 0.847. The van der Waals surface area contributed by atoms with Gasteiger partial charge in [-0.3, -0.25) is 4.79 Å². The van der Waals surface area contributed by atoms with Crippen molar-refractivity contribution in [3.63, 3.8) is 0 Å². The van der Waals surface area contributed by atoms with E-state index in [1.54, 1.807) is 13.3 Å². The highest BCUT2D eigenvalue weighted by atomic mass is 16.5. The van der Waals surface area contributed by atoms with Gasteiger partial charge in [0.25, 0.3) is 0 Å². The lowest BCUT2D eigenvalue weighted by atomic mass is 10.2. The van der Waals surface area contributed by atoms with Gasteiger partial charge in [0.15, 0.2) is 0 Å². The third-order valence-corrected chi connectivity index (χ3v) is 3.19. The summed E-state index contributed by atoms with van der Waals surface area (Å²) >= 11 is 0. The first-order chi connectivity index (χ1) is 9.13. The number of amides is 1. The molecule has 0 radical (unpaired) electrons. The van der Waals surface area contributed by atoms with Crippen molar-refractivity contribution in [2.24, 2.45) is 0 Å². The summed E-state index contributed by atoms with van der Waals surface area (Å²) in [6.07, 6.45) is 3.56. The van der Waals surface area contributed by atoms with E-state index in [1.165, 1.54) is 0 Å². The molecule has 1 aliphatic heterocycles. The van der Waals surface area contributed by atoms with Crippen LogP contribution >= 0.6 is 0 Å². The Kier molecular flexibility index (Phi) is 4.21. The molecule has 0 spiro atoms. The molecule has 6 heteroatoms. The number of nitrogens with one attached hydrogen (secondary N) is 2. The van der Waals surface area contributed by atoms with Gasteiger partial charge in [-0.2, -0.15) is 0 Å². The van der Waals surface area contributed by atoms with Crippen molar-refractivity contribution in [1.29, 1.82) is 0 Å². The van der Waals surface area contributed by atoms with Crippen molar-refractivity contribution in [1.82, 2.24) is 10.3 Å². The van der Waals surface area contributed by atoms with E-state index in [0.29, 0.717) is 11.6 Å². The topological polar surface area (TPSA) is 66.5 Å². The summed E-state index contributed by atoms with van der Waals surface area (Å²) in [7, 11) is 5.38. The molecule has 0 aliphatic carbocycles. The van der Waals surface area contributed by atoms with Gasteiger partial charge in [0.05, 0.1) is 18.8 Å². The maximum Gasteiger partial charge on any atom is 0.241 e. The molecule has 1 amide bonds. The zero-order valence-corrected chi connectivity index (χ0v) is 11.6. The highest BCUT2D eigenvalue weighted by molar-refractivity contribution is 5.99. The van der Waals surface area contributed by atoms with Crippen LogP contribution in [-0.4, -0.2) is 44.7 Å². The maximum absolute atomic E-state index is 12.2. The van der Waals surface area contributed by atoms with Crippen LogP contribution in [0.5, 0.6) is 5.88 Å². The molecule has 2 heterocycles. The fraction of sp³-hybridized carbons (Fsp3) is 0.538. The van der Waals surface area contributed by atoms with Crippen LogP contribution in [-0.2, 0) is 4.79 Å². The van der Waals surface area contributed by atoms with Crippen LogP contribution in [0, 0.1) is 0 Å². The SMILES string of the molecule is COc1nccc(N(C)C)c1NC(=O)C1CCCN1. The quantitative estimate of drug-likeness (QED) is 0.844. The van der Waals surface area contributed by atoms with Crippen molar-refractivity contribution in [3.05, 3.63) is 12.3 Å². The first-order valence-electron chi connectivity index (χ1n) is 6.38. The summed E-state index contributed by atoms with van der Waals surface area (Å²) in [4.78, 5) is 18.2. The average Bonchev–Trinajstić information content (AvgIpc) is 2.92. The molecule has 104 valence electrons. The summed E-state index contributed by atoms with van der Waals surface area (Å²) < 4.78 is 5.23. The molecule has 1 atom stereocenters. The average molecular weight is 264 g/mol. The lowest BCUT2D eigenvalue weighted by molar-refractivity contribution is -0.117. The minimum Gasteiger partial charge on any atom is -0.479 e. The molecule has 2 rings (SSSR count). The van der Waals surface area contributed by atoms with Gasteiger partial charge in [-0.25, -0.2) is 4.98 Å². The minimum atomic E-state index is -0.125. The molecule has 1 saturated heterocycles. The largest absolute Gasteiger partial charge is 0.479 e. The molecule has 1 aromatic heterocycles. The summed E-state index contributed by atoms with van der Waals surface area (Å²) in [5, 5.41) is 6.10. The Labute approximate surface area is 113 Å². The van der Waals surface area contributed by atoms with E-state index in [2.05, 4.69) is 15.6 Å². The predicted molar refractivity (Wildman–Crippen MR) is 74.8 cm³/mol. The van der Waals surface area contributed by atoms with Gasteiger partial charge in [-0.05, 0) is 25.5 Å². The summed E-state index contributed by atoms with van der Waals surface area (Å²) in [5.74, 6) is 0.393. The molecule has 19 heavy (non-hydrogen) atoms. The van der Waals surface area contributed by atoms with Crippen molar-refractivity contribution >= 4 is 17.3 Å². The van der Waals surface area contributed by atoms with Crippen LogP contribution in [0.15, 0.2) is 12.3 Å². The number of carbonyl (C=O) groups excluding carboxylic acids is 1. The van der Waals surface area contributed by atoms with E-state index >= 15 is 0 Å². The Balaban J connectivity index is 2.24. The van der Waals surface area contributed by atoms with Crippen LogP contribution in [0.2, 0.25) is 0 Å². The Hall–Kier alpha value is -1.82. The number of aromatic nitrogens is 1. The highest BCUT2D eigenvalue weighted by Gasteiger charge is 2.24. The standard InChI is InChI=1S/C13H20N4O2/c1-17(2)10-6-8-15-13(19-3)11(10)16-12(18)9-5-4-7-14-9/h6,8-9,14H,4-5,7H2,1-3H3,(H,16,18). The number of anilines is 2. The van der Waals surface area contributed by atoms with Gasteiger partial charge < -0.3 is 20.3 Å². The van der Waals surface area contributed by atoms with Gasteiger partial charge in [0, 0.05) is 20.3 Å². The zero-order chi connectivity index (χ0) is 13.8. The second-order valence-electron chi connectivity index (χ2n) is 4.75. The number of nitrogens with zero attached hydrogens (tertiary/aromatic N) is 2. The van der Waals surface area contributed by atoms with Crippen LogP contribution in [0.3, 0.4) is 0 Å². The molecule has 1 aliphatic rings. The van der Waals surface area contributed by atoms with Gasteiger partial charge in [-0.15, -0.1) is 0 Å². The first kappa shape index (κ1) is 13.6. The van der Waals surface area contributed by atoms with Gasteiger partial charge >= 0.3 is 0 Å². The molecular formula is C13H20N4O2. The van der Waals surface area contributed by atoms with Crippen LogP contribution in [0.1, 0.15) is 12.8 Å². The maximum atomic E-state index is 12.2. The van der Waals surface area contributed by atoms with E-state index in [9.17, 15) is 4.79 Å². The molecule has 1 aromatic rings. The van der Waals surface area contributed by atoms with E-state index in [0.717, 1.165) is 25.1 Å². The molecule has 0 saturated carbocycles. The summed E-state index contributed by atoms with van der Waals surface area (Å²) in [6, 6.07) is 1.72. The monoisotopic (exact) mass is 264 g/mol. The molecule has 0 bridgehead atoms. The second kappa shape index (κ2) is 5.88. The van der Waals surface area contributed by atoms with E-state index in [1.807, 2.05) is 25.1 Å². The fourth-order valence-corrected chi connectivity index (χ4v) is 2.20. The Morgan fingerprint density at radius 3 is 2.95 bits per heavy atom. The third-order valence-electron chi connectivity index (χ3n) is 3.19. The van der Waals surface area contributed by atoms with Gasteiger partial charge in [-0.1, -0.05) is 0 Å². The molecule has 0 aromatic carbocycles. The summed E-state index contributed by atoms with van der Waals surface area (Å²) in [6.45, 7) is 0.892. The van der Waals surface area contributed by atoms with Gasteiger partial charge in [0.2, 0.25) is 11.8 Å². The second-order valence-corrected chi connectivity index (χ2v) is 4.75. The number of rotatable bonds is 4. The third kappa shape index (κ3) is 2.96. The fourth-order valence-electron chi connectivity index (χ4n) is 2.20. The number of hydrogen-bond donors (Lipinski definition) is 2. The van der Waals surface area contributed by atoms with E-state index < -0.39 is 0 Å². The van der Waals surface area contributed by atoms with Crippen molar-refractivity contribution in [2.75, 3.05) is 38.0 Å². The molecule has 2 N–H and O–H groups in total. The Morgan fingerprint density at radius 2 is 2.37 bits per heavy atom. The molecule has 6 nitrogen and oxygen atoms in total. The molecular weight excluding hydrogens is 244 g/mol. The van der Waals surface area contributed by atoms with Crippen molar-refractivity contribution in [2.45, 2.75) is 18.9 Å². The summed E-state index contributed by atoms with van der Waals surface area (Å²) in [5.41, 5.74) is 1.49. The zero-order valence-electron chi connectivity index (χ0n) is 11.6. The highest BCUT2D eigenvalue weighted by Crippen LogP contribution is 2.32. The Bertz CT molecular complexity index is 456. The van der Waals surface area contributed by atoms with Crippen LogP contribution < -0.4 is 20.3 Å². The number of methoxy groups -OCH3 is 1. The Morgan fingerprint density at radius 1 is 1.58 bits per heavy atom. The smallest absolute Gasteiger partial charge is 0.241 e. The van der Waals surface area contributed by atoms with E-state index in [-0.39, 0.29) is 11.9 Å². The number of ether oxygens (including phenoxy) is 1. The van der Waals surface area contributed by atoms with Gasteiger partial charge in [0.1, 0.15) is 5.69 Å². The number of pyridine rings is 1. The number of carbonyl (C=O) groups is 1. The van der Waals surface area contributed by atoms with Crippen molar-refractivity contribution < 1.29 is 9.53 Å². The van der Waals surface area contributed by atoms with Crippen LogP contribution in [0.4, 0.5) is 11.4 Å². The molecule has 1 unspecified atom stereocenters. The lowest BCUT2D eigenvalue weighted by Crippen LogP contribution is -2.36. The van der Waals surface area contributed by atoms with E-state index in [4.69, 9.17) is 4.74 Å². The van der Waals surface area contributed by atoms with Crippen molar-refractivity contribution in [3.8, 4) is 5.88 Å². The first-order valence-corrected chi connectivity index (χ1v) is 6.38. The number of hydrogen-bond acceptors (Lipinski definition) is 5. The minimum absolute atomic E-state index is 0.0353. The molecule has 1 fully saturated rings. The van der Waals surface area contributed by atoms with Crippen LogP contribution in [0.25, 0.3) is 0 Å². The lowest BCUT2D eigenvalue weighted by Gasteiger charge is -2.20.